The minimum absolute atomic E-state index is 0.199. The number of nitrogens with one attached hydrogen (secondary N) is 1. The molecular weight excluding hydrogens is 248 g/mol. The van der Waals surface area contributed by atoms with Crippen molar-refractivity contribution in [1.82, 2.24) is 0 Å². The van der Waals surface area contributed by atoms with Crippen molar-refractivity contribution in [2.45, 2.75) is 53.9 Å². The smallest absolute Gasteiger partial charge is 0.125 e. The van der Waals surface area contributed by atoms with Crippen LogP contribution in [0, 0.1) is 31.6 Å². The van der Waals surface area contributed by atoms with Crippen molar-refractivity contribution >= 4 is 5.84 Å². The SMILES string of the molecule is Cc1cc(C)c(OCCCCC(C)(C)C(=N)N)c(C)c1. The van der Waals surface area contributed by atoms with Gasteiger partial charge in [-0.15, -0.1) is 0 Å². The monoisotopic (exact) mass is 276 g/mol. The van der Waals surface area contributed by atoms with E-state index >= 15 is 0 Å². The van der Waals surface area contributed by atoms with E-state index in [0.29, 0.717) is 0 Å². The van der Waals surface area contributed by atoms with Gasteiger partial charge >= 0.3 is 0 Å². The fourth-order valence-corrected chi connectivity index (χ4v) is 2.37. The van der Waals surface area contributed by atoms with Crippen LogP contribution in [0.3, 0.4) is 0 Å². The molecule has 0 spiro atoms. The van der Waals surface area contributed by atoms with E-state index in [1.54, 1.807) is 0 Å². The minimum Gasteiger partial charge on any atom is -0.493 e. The van der Waals surface area contributed by atoms with Gasteiger partial charge in [-0.1, -0.05) is 31.5 Å². The van der Waals surface area contributed by atoms with Crippen molar-refractivity contribution in [3.05, 3.63) is 28.8 Å². The number of unbranched alkanes of at least 4 members (excludes halogenated alkanes) is 1. The highest BCUT2D eigenvalue weighted by atomic mass is 16.5. The molecule has 0 atom stereocenters. The Hall–Kier alpha value is -1.51. The minimum atomic E-state index is -0.199. The quantitative estimate of drug-likeness (QED) is 0.447. The van der Waals surface area contributed by atoms with Crippen LogP contribution >= 0.6 is 0 Å². The number of aryl methyl sites for hydroxylation is 3. The summed E-state index contributed by atoms with van der Waals surface area (Å²) in [5.41, 5.74) is 9.06. The van der Waals surface area contributed by atoms with Crippen LogP contribution in [-0.4, -0.2) is 12.4 Å². The number of nitrogens with two attached hydrogens (primary N) is 1. The van der Waals surface area contributed by atoms with Crippen LogP contribution in [0.1, 0.15) is 49.8 Å². The Labute approximate surface area is 123 Å². The summed E-state index contributed by atoms with van der Waals surface area (Å²) in [4.78, 5) is 0. The highest BCUT2D eigenvalue weighted by Crippen LogP contribution is 2.26. The summed E-state index contributed by atoms with van der Waals surface area (Å²) >= 11 is 0. The van der Waals surface area contributed by atoms with Crippen molar-refractivity contribution in [1.29, 1.82) is 5.41 Å². The van der Waals surface area contributed by atoms with Gasteiger partial charge in [-0.2, -0.15) is 0 Å². The first kappa shape index (κ1) is 16.5. The molecule has 1 rings (SSSR count). The Morgan fingerprint density at radius 2 is 1.70 bits per heavy atom. The predicted molar refractivity (Wildman–Crippen MR) is 85.7 cm³/mol. The second-order valence-corrected chi connectivity index (χ2v) is 6.33. The lowest BCUT2D eigenvalue weighted by Gasteiger charge is -2.22. The Balaban J connectivity index is 2.41. The van der Waals surface area contributed by atoms with E-state index in [4.69, 9.17) is 15.9 Å². The van der Waals surface area contributed by atoms with E-state index in [1.807, 2.05) is 13.8 Å². The first-order valence-electron chi connectivity index (χ1n) is 7.29. The number of hydrogen-bond donors (Lipinski definition) is 2. The number of hydrogen-bond acceptors (Lipinski definition) is 2. The highest BCUT2D eigenvalue weighted by molar-refractivity contribution is 5.82. The number of ether oxygens (including phenoxy) is 1. The van der Waals surface area contributed by atoms with E-state index in [0.717, 1.165) is 31.6 Å². The van der Waals surface area contributed by atoms with Gasteiger partial charge in [-0.05, 0) is 51.2 Å². The first-order valence-corrected chi connectivity index (χ1v) is 7.29. The zero-order chi connectivity index (χ0) is 15.3. The molecule has 3 heteroatoms. The van der Waals surface area contributed by atoms with E-state index < -0.39 is 0 Å². The van der Waals surface area contributed by atoms with E-state index in [-0.39, 0.29) is 11.3 Å². The van der Waals surface area contributed by atoms with Gasteiger partial charge in [0.25, 0.3) is 0 Å². The molecule has 1 aromatic carbocycles. The first-order chi connectivity index (χ1) is 9.24. The summed E-state index contributed by atoms with van der Waals surface area (Å²) in [6, 6.07) is 4.31. The third kappa shape index (κ3) is 4.55. The highest BCUT2D eigenvalue weighted by Gasteiger charge is 2.20. The summed E-state index contributed by atoms with van der Waals surface area (Å²) in [6.07, 6.45) is 2.94. The van der Waals surface area contributed by atoms with E-state index in [1.165, 1.54) is 16.7 Å². The number of amidine groups is 1. The van der Waals surface area contributed by atoms with Crippen LogP contribution in [-0.2, 0) is 0 Å². The summed E-state index contributed by atoms with van der Waals surface area (Å²) < 4.78 is 5.91. The maximum atomic E-state index is 7.53. The Morgan fingerprint density at radius 3 is 2.20 bits per heavy atom. The summed E-state index contributed by atoms with van der Waals surface area (Å²) in [5.74, 6) is 1.28. The fraction of sp³-hybridized carbons (Fsp3) is 0.588. The average molecular weight is 276 g/mol. The molecule has 3 N–H and O–H groups in total. The average Bonchev–Trinajstić information content (AvgIpc) is 2.31. The molecule has 1 aromatic rings. The molecule has 0 aliphatic carbocycles. The van der Waals surface area contributed by atoms with Crippen LogP contribution < -0.4 is 10.5 Å². The third-order valence-electron chi connectivity index (χ3n) is 3.78. The number of rotatable bonds is 7. The lowest BCUT2D eigenvalue weighted by molar-refractivity contribution is 0.293. The lowest BCUT2D eigenvalue weighted by atomic mass is 9.86. The Morgan fingerprint density at radius 1 is 1.15 bits per heavy atom. The predicted octanol–water partition coefficient (Wildman–Crippen LogP) is 4.12. The molecule has 0 saturated carbocycles. The van der Waals surface area contributed by atoms with Crippen LogP contribution in [0.5, 0.6) is 5.75 Å². The topological polar surface area (TPSA) is 59.1 Å². The summed E-state index contributed by atoms with van der Waals surface area (Å²) in [7, 11) is 0. The van der Waals surface area contributed by atoms with Crippen molar-refractivity contribution in [2.24, 2.45) is 11.1 Å². The Bertz CT molecular complexity index is 455. The molecule has 0 aromatic heterocycles. The normalized spacial score (nSPS) is 11.4. The molecule has 3 nitrogen and oxygen atoms in total. The van der Waals surface area contributed by atoms with Crippen molar-refractivity contribution in [3.8, 4) is 5.75 Å². The molecule has 0 radical (unpaired) electrons. The zero-order valence-corrected chi connectivity index (χ0v) is 13.5. The summed E-state index contributed by atoms with van der Waals surface area (Å²) in [6.45, 7) is 11.0. The molecule has 0 bridgehead atoms. The van der Waals surface area contributed by atoms with Crippen LogP contribution in [0.2, 0.25) is 0 Å². The van der Waals surface area contributed by atoms with Gasteiger partial charge in [0.1, 0.15) is 5.75 Å². The van der Waals surface area contributed by atoms with Crippen molar-refractivity contribution < 1.29 is 4.74 Å². The second kappa shape index (κ2) is 6.78. The standard InChI is InChI=1S/C17H28N2O/c1-12-10-13(2)15(14(3)11-12)20-9-7-6-8-17(4,5)16(18)19/h10-11H,6-9H2,1-5H3,(H3,18,19). The van der Waals surface area contributed by atoms with Gasteiger partial charge in [-0.3, -0.25) is 5.41 Å². The maximum Gasteiger partial charge on any atom is 0.125 e. The van der Waals surface area contributed by atoms with Crippen molar-refractivity contribution in [3.63, 3.8) is 0 Å². The fourth-order valence-electron chi connectivity index (χ4n) is 2.37. The summed E-state index contributed by atoms with van der Waals surface area (Å²) in [5, 5.41) is 7.53. The van der Waals surface area contributed by atoms with Crippen LogP contribution in [0.25, 0.3) is 0 Å². The molecule has 0 amide bonds. The van der Waals surface area contributed by atoms with Crippen LogP contribution in [0.4, 0.5) is 0 Å². The largest absolute Gasteiger partial charge is 0.493 e. The second-order valence-electron chi connectivity index (χ2n) is 6.33. The number of benzene rings is 1. The molecule has 112 valence electrons. The molecule has 0 heterocycles. The lowest BCUT2D eigenvalue weighted by Crippen LogP contribution is -2.30. The molecule has 20 heavy (non-hydrogen) atoms. The van der Waals surface area contributed by atoms with Gasteiger partial charge < -0.3 is 10.5 Å². The maximum absolute atomic E-state index is 7.53. The van der Waals surface area contributed by atoms with Crippen LogP contribution in [0.15, 0.2) is 12.1 Å². The van der Waals surface area contributed by atoms with Gasteiger partial charge in [0.2, 0.25) is 0 Å². The van der Waals surface area contributed by atoms with Gasteiger partial charge in [0.15, 0.2) is 0 Å². The Kier molecular flexibility index (Phi) is 5.61. The molecule has 0 saturated heterocycles. The van der Waals surface area contributed by atoms with Gasteiger partial charge in [0, 0.05) is 5.41 Å². The van der Waals surface area contributed by atoms with Gasteiger partial charge in [-0.25, -0.2) is 0 Å². The van der Waals surface area contributed by atoms with Gasteiger partial charge in [0.05, 0.1) is 12.4 Å². The molecular formula is C17H28N2O. The van der Waals surface area contributed by atoms with Crippen molar-refractivity contribution in [2.75, 3.05) is 6.61 Å². The molecule has 0 unspecified atom stereocenters. The molecule has 0 fully saturated rings. The third-order valence-corrected chi connectivity index (χ3v) is 3.78. The molecule has 0 aliphatic heterocycles. The molecule has 0 aliphatic rings. The van der Waals surface area contributed by atoms with E-state index in [9.17, 15) is 0 Å². The van der Waals surface area contributed by atoms with E-state index in [2.05, 4.69) is 32.9 Å². The zero-order valence-electron chi connectivity index (χ0n) is 13.5.